The first-order valence-corrected chi connectivity index (χ1v) is 7.54. The van der Waals surface area contributed by atoms with Gasteiger partial charge in [-0.3, -0.25) is 0 Å². The first-order valence-electron chi connectivity index (χ1n) is 7.54. The molecule has 0 unspecified atom stereocenters. The summed E-state index contributed by atoms with van der Waals surface area (Å²) in [5.41, 5.74) is 1.28. The van der Waals surface area contributed by atoms with Gasteiger partial charge in [0.1, 0.15) is 5.75 Å². The SMILES string of the molecule is COc1ccc(-c2cc(=O)oc(-c3ccccc3OC)n2)cc1OC. The smallest absolute Gasteiger partial charge is 0.339 e. The summed E-state index contributed by atoms with van der Waals surface area (Å²) in [4.78, 5) is 16.5. The van der Waals surface area contributed by atoms with E-state index in [2.05, 4.69) is 4.98 Å². The lowest BCUT2D eigenvalue weighted by Gasteiger charge is -2.10. The first-order chi connectivity index (χ1) is 12.2. The van der Waals surface area contributed by atoms with Crippen LogP contribution in [0, 0.1) is 0 Å². The van der Waals surface area contributed by atoms with Crippen LogP contribution in [0.2, 0.25) is 0 Å². The number of methoxy groups -OCH3 is 3. The molecular weight excluding hydrogens is 322 g/mol. The quantitative estimate of drug-likeness (QED) is 0.709. The van der Waals surface area contributed by atoms with Gasteiger partial charge in [0.05, 0.1) is 38.7 Å². The van der Waals surface area contributed by atoms with Gasteiger partial charge in [-0.1, -0.05) is 12.1 Å². The van der Waals surface area contributed by atoms with Gasteiger partial charge in [0.15, 0.2) is 11.5 Å². The molecule has 1 heterocycles. The monoisotopic (exact) mass is 339 g/mol. The molecule has 3 aromatic rings. The molecule has 0 aliphatic rings. The lowest BCUT2D eigenvalue weighted by Crippen LogP contribution is -2.03. The highest BCUT2D eigenvalue weighted by molar-refractivity contribution is 5.68. The minimum atomic E-state index is -0.499. The van der Waals surface area contributed by atoms with Crippen LogP contribution >= 0.6 is 0 Å². The number of aromatic nitrogens is 1. The van der Waals surface area contributed by atoms with Crippen molar-refractivity contribution in [2.24, 2.45) is 0 Å². The van der Waals surface area contributed by atoms with Crippen LogP contribution in [0.5, 0.6) is 17.2 Å². The zero-order valence-corrected chi connectivity index (χ0v) is 14.1. The van der Waals surface area contributed by atoms with Gasteiger partial charge in [-0.25, -0.2) is 9.78 Å². The number of ether oxygens (including phenoxy) is 3. The number of hydrogen-bond acceptors (Lipinski definition) is 6. The van der Waals surface area contributed by atoms with E-state index in [0.29, 0.717) is 34.1 Å². The van der Waals surface area contributed by atoms with Crippen LogP contribution < -0.4 is 19.8 Å². The Hall–Kier alpha value is -3.28. The molecule has 0 saturated carbocycles. The van der Waals surface area contributed by atoms with Gasteiger partial charge in [0.2, 0.25) is 5.89 Å². The third-order valence-corrected chi connectivity index (χ3v) is 3.69. The van der Waals surface area contributed by atoms with Crippen molar-refractivity contribution in [3.8, 4) is 40.0 Å². The Kier molecular flexibility index (Phi) is 4.70. The molecular formula is C19H17NO5. The Morgan fingerprint density at radius 2 is 1.56 bits per heavy atom. The molecule has 6 heteroatoms. The Balaban J connectivity index is 2.13. The fourth-order valence-electron chi connectivity index (χ4n) is 2.48. The molecule has 0 N–H and O–H groups in total. The predicted molar refractivity (Wildman–Crippen MR) is 93.3 cm³/mol. The van der Waals surface area contributed by atoms with Crippen LogP contribution in [0.25, 0.3) is 22.7 Å². The lowest BCUT2D eigenvalue weighted by molar-refractivity contribution is 0.355. The minimum absolute atomic E-state index is 0.190. The lowest BCUT2D eigenvalue weighted by atomic mass is 10.1. The van der Waals surface area contributed by atoms with Crippen molar-refractivity contribution in [2.45, 2.75) is 0 Å². The van der Waals surface area contributed by atoms with Gasteiger partial charge >= 0.3 is 5.63 Å². The molecule has 2 aromatic carbocycles. The molecule has 6 nitrogen and oxygen atoms in total. The molecule has 0 radical (unpaired) electrons. The van der Waals surface area contributed by atoms with Crippen molar-refractivity contribution in [3.63, 3.8) is 0 Å². The van der Waals surface area contributed by atoms with Gasteiger partial charge in [-0.15, -0.1) is 0 Å². The van der Waals surface area contributed by atoms with Gasteiger partial charge in [0, 0.05) is 5.56 Å². The van der Waals surface area contributed by atoms with Crippen LogP contribution in [0.3, 0.4) is 0 Å². The Bertz CT molecular complexity index is 949. The van der Waals surface area contributed by atoms with Crippen LogP contribution in [-0.4, -0.2) is 26.3 Å². The van der Waals surface area contributed by atoms with E-state index in [1.165, 1.54) is 6.07 Å². The summed E-state index contributed by atoms with van der Waals surface area (Å²) >= 11 is 0. The maximum Gasteiger partial charge on any atom is 0.339 e. The van der Waals surface area contributed by atoms with Crippen LogP contribution in [0.4, 0.5) is 0 Å². The van der Waals surface area contributed by atoms with E-state index >= 15 is 0 Å². The maximum absolute atomic E-state index is 12.0. The summed E-state index contributed by atoms with van der Waals surface area (Å²) in [6, 6.07) is 13.9. The molecule has 1 aromatic heterocycles. The summed E-state index contributed by atoms with van der Waals surface area (Å²) in [5.74, 6) is 1.91. The summed E-state index contributed by atoms with van der Waals surface area (Å²) in [5, 5.41) is 0. The van der Waals surface area contributed by atoms with Gasteiger partial charge < -0.3 is 18.6 Å². The Labute approximate surface area is 144 Å². The first kappa shape index (κ1) is 16.6. The van der Waals surface area contributed by atoms with Gasteiger partial charge in [0.25, 0.3) is 0 Å². The molecule has 0 bridgehead atoms. The normalized spacial score (nSPS) is 10.4. The Morgan fingerprint density at radius 1 is 0.840 bits per heavy atom. The molecule has 3 rings (SSSR count). The van der Waals surface area contributed by atoms with E-state index in [9.17, 15) is 4.79 Å². The summed E-state index contributed by atoms with van der Waals surface area (Å²) in [6.45, 7) is 0. The zero-order chi connectivity index (χ0) is 17.8. The summed E-state index contributed by atoms with van der Waals surface area (Å²) < 4.78 is 21.1. The van der Waals surface area contributed by atoms with Crippen molar-refractivity contribution in [3.05, 3.63) is 59.0 Å². The molecule has 0 fully saturated rings. The molecule has 0 atom stereocenters. The van der Waals surface area contributed by atoms with E-state index in [0.717, 1.165) is 0 Å². The van der Waals surface area contributed by atoms with E-state index < -0.39 is 5.63 Å². The molecule has 25 heavy (non-hydrogen) atoms. The molecule has 0 aliphatic carbocycles. The minimum Gasteiger partial charge on any atom is -0.496 e. The number of rotatable bonds is 5. The molecule has 0 saturated heterocycles. The Morgan fingerprint density at radius 3 is 2.28 bits per heavy atom. The van der Waals surface area contributed by atoms with Crippen molar-refractivity contribution >= 4 is 0 Å². The van der Waals surface area contributed by atoms with Crippen molar-refractivity contribution in [1.29, 1.82) is 0 Å². The topological polar surface area (TPSA) is 70.8 Å². The zero-order valence-electron chi connectivity index (χ0n) is 14.1. The van der Waals surface area contributed by atoms with Crippen LogP contribution in [-0.2, 0) is 0 Å². The van der Waals surface area contributed by atoms with Crippen LogP contribution in [0.1, 0.15) is 0 Å². The van der Waals surface area contributed by atoms with Crippen molar-refractivity contribution in [1.82, 2.24) is 4.98 Å². The highest BCUT2D eigenvalue weighted by Crippen LogP contribution is 2.33. The highest BCUT2D eigenvalue weighted by atomic mass is 16.5. The van der Waals surface area contributed by atoms with E-state index in [1.54, 1.807) is 51.7 Å². The van der Waals surface area contributed by atoms with E-state index in [-0.39, 0.29) is 5.89 Å². The standard InChI is InChI=1S/C19H17NO5/c1-22-15-7-5-4-6-13(15)19-20-14(11-18(21)25-19)12-8-9-16(23-2)17(10-12)24-3/h4-11H,1-3H3. The van der Waals surface area contributed by atoms with Crippen molar-refractivity contribution in [2.75, 3.05) is 21.3 Å². The number of nitrogens with zero attached hydrogens (tertiary/aromatic N) is 1. The third-order valence-electron chi connectivity index (χ3n) is 3.69. The second-order valence-corrected chi connectivity index (χ2v) is 5.14. The average Bonchev–Trinajstić information content (AvgIpc) is 2.66. The molecule has 0 aliphatic heterocycles. The molecule has 128 valence electrons. The number of para-hydroxylation sites is 1. The average molecular weight is 339 g/mol. The fourth-order valence-corrected chi connectivity index (χ4v) is 2.48. The third kappa shape index (κ3) is 3.33. The number of hydrogen-bond donors (Lipinski definition) is 0. The second-order valence-electron chi connectivity index (χ2n) is 5.14. The van der Waals surface area contributed by atoms with E-state index in [4.69, 9.17) is 18.6 Å². The second kappa shape index (κ2) is 7.09. The predicted octanol–water partition coefficient (Wildman–Crippen LogP) is 3.39. The number of benzene rings is 2. The van der Waals surface area contributed by atoms with Crippen molar-refractivity contribution < 1.29 is 18.6 Å². The largest absolute Gasteiger partial charge is 0.496 e. The summed E-state index contributed by atoms with van der Waals surface area (Å²) in [6.07, 6.45) is 0. The highest BCUT2D eigenvalue weighted by Gasteiger charge is 2.14. The van der Waals surface area contributed by atoms with Crippen LogP contribution in [0.15, 0.2) is 57.7 Å². The summed E-state index contributed by atoms with van der Waals surface area (Å²) in [7, 11) is 4.66. The van der Waals surface area contributed by atoms with Gasteiger partial charge in [-0.2, -0.15) is 0 Å². The fraction of sp³-hybridized carbons (Fsp3) is 0.158. The molecule has 0 spiro atoms. The maximum atomic E-state index is 12.0. The molecule has 0 amide bonds. The van der Waals surface area contributed by atoms with E-state index in [1.807, 2.05) is 12.1 Å². The van der Waals surface area contributed by atoms with Gasteiger partial charge in [-0.05, 0) is 30.3 Å².